The van der Waals surface area contributed by atoms with Crippen molar-refractivity contribution >= 4 is 5.82 Å². The van der Waals surface area contributed by atoms with Crippen molar-refractivity contribution in [3.05, 3.63) is 17.8 Å². The third kappa shape index (κ3) is 3.17. The van der Waals surface area contributed by atoms with Crippen LogP contribution in [0.2, 0.25) is 0 Å². The van der Waals surface area contributed by atoms with Gasteiger partial charge in [0.25, 0.3) is 0 Å². The summed E-state index contributed by atoms with van der Waals surface area (Å²) < 4.78 is 0. The van der Waals surface area contributed by atoms with Gasteiger partial charge in [-0.3, -0.25) is 0 Å². The van der Waals surface area contributed by atoms with Crippen molar-refractivity contribution in [2.75, 3.05) is 18.4 Å². The van der Waals surface area contributed by atoms with Crippen molar-refractivity contribution in [3.63, 3.8) is 0 Å². The second-order valence-corrected chi connectivity index (χ2v) is 4.29. The predicted octanol–water partition coefficient (Wildman–Crippen LogP) is 1.59. The van der Waals surface area contributed by atoms with E-state index < -0.39 is 0 Å². The van der Waals surface area contributed by atoms with Crippen LogP contribution in [-0.4, -0.2) is 29.3 Å². The van der Waals surface area contributed by atoms with E-state index in [-0.39, 0.29) is 0 Å². The molecule has 0 saturated carbocycles. The summed E-state index contributed by atoms with van der Waals surface area (Å²) in [5.74, 6) is 0.879. The first-order valence-corrected chi connectivity index (χ1v) is 6.18. The van der Waals surface area contributed by atoms with Gasteiger partial charge in [-0.1, -0.05) is 13.3 Å². The monoisotopic (exact) mass is 220 g/mol. The Kier molecular flexibility index (Phi) is 4.10. The lowest BCUT2D eigenvalue weighted by molar-refractivity contribution is 0.414. The average molecular weight is 220 g/mol. The fourth-order valence-corrected chi connectivity index (χ4v) is 1.97. The minimum atomic E-state index is 0.585. The first-order valence-electron chi connectivity index (χ1n) is 6.18. The van der Waals surface area contributed by atoms with Crippen LogP contribution in [0.3, 0.4) is 0 Å². The van der Waals surface area contributed by atoms with E-state index in [2.05, 4.69) is 27.8 Å². The molecular formula is C12H20N4. The molecule has 1 atom stereocenters. The highest BCUT2D eigenvalue weighted by molar-refractivity contribution is 5.33. The zero-order chi connectivity index (χ0) is 11.2. The van der Waals surface area contributed by atoms with Crippen molar-refractivity contribution in [3.8, 4) is 0 Å². The summed E-state index contributed by atoms with van der Waals surface area (Å²) in [6.07, 6.45) is 4.84. The zero-order valence-corrected chi connectivity index (χ0v) is 9.87. The number of nitrogens with one attached hydrogen (secondary N) is 2. The Labute approximate surface area is 96.9 Å². The van der Waals surface area contributed by atoms with E-state index in [0.717, 1.165) is 31.0 Å². The van der Waals surface area contributed by atoms with E-state index in [1.54, 1.807) is 0 Å². The van der Waals surface area contributed by atoms with E-state index in [0.29, 0.717) is 6.04 Å². The molecule has 0 spiro atoms. The van der Waals surface area contributed by atoms with Crippen LogP contribution < -0.4 is 10.6 Å². The van der Waals surface area contributed by atoms with Crippen molar-refractivity contribution in [2.45, 2.75) is 38.6 Å². The molecule has 1 aliphatic rings. The molecule has 1 unspecified atom stereocenters. The number of aryl methyl sites for hydroxylation is 1. The van der Waals surface area contributed by atoms with Crippen LogP contribution in [0.4, 0.5) is 5.82 Å². The zero-order valence-electron chi connectivity index (χ0n) is 9.87. The second-order valence-electron chi connectivity index (χ2n) is 4.29. The number of piperidine rings is 1. The molecule has 2 N–H and O–H groups in total. The van der Waals surface area contributed by atoms with E-state index in [4.69, 9.17) is 0 Å². The third-order valence-electron chi connectivity index (χ3n) is 3.02. The van der Waals surface area contributed by atoms with Gasteiger partial charge in [0.1, 0.15) is 5.82 Å². The van der Waals surface area contributed by atoms with E-state index >= 15 is 0 Å². The lowest BCUT2D eigenvalue weighted by Gasteiger charge is -2.23. The fraction of sp³-hybridized carbons (Fsp3) is 0.667. The molecular weight excluding hydrogens is 200 g/mol. The van der Waals surface area contributed by atoms with Gasteiger partial charge in [0.2, 0.25) is 0 Å². The van der Waals surface area contributed by atoms with Crippen LogP contribution in [-0.2, 0) is 6.42 Å². The molecule has 0 radical (unpaired) electrons. The normalized spacial score (nSPS) is 20.7. The maximum absolute atomic E-state index is 4.15. The Balaban J connectivity index is 1.79. The van der Waals surface area contributed by atoms with Crippen molar-refractivity contribution in [2.24, 2.45) is 0 Å². The van der Waals surface area contributed by atoms with Crippen LogP contribution >= 0.6 is 0 Å². The van der Waals surface area contributed by atoms with Gasteiger partial charge in [0.15, 0.2) is 0 Å². The fourth-order valence-electron chi connectivity index (χ4n) is 1.97. The molecule has 2 rings (SSSR count). The summed E-state index contributed by atoms with van der Waals surface area (Å²) in [5, 5.41) is 15.1. The lowest BCUT2D eigenvalue weighted by atomic mass is 10.1. The lowest BCUT2D eigenvalue weighted by Crippen LogP contribution is -2.39. The standard InChI is InChI=1S/C12H20N4/c1-2-10-6-7-12(16-15-10)14-9-11-5-3-4-8-13-11/h6-7,11,13H,2-5,8-9H2,1H3,(H,14,16). The minimum Gasteiger partial charge on any atom is -0.367 e. The van der Waals surface area contributed by atoms with Crippen molar-refractivity contribution in [1.29, 1.82) is 0 Å². The number of aromatic nitrogens is 2. The summed E-state index contributed by atoms with van der Waals surface area (Å²) in [6.45, 7) is 4.18. The predicted molar refractivity (Wildman–Crippen MR) is 65.5 cm³/mol. The molecule has 0 bridgehead atoms. The van der Waals surface area contributed by atoms with Crippen molar-refractivity contribution < 1.29 is 0 Å². The molecule has 0 aliphatic carbocycles. The molecule has 4 heteroatoms. The topological polar surface area (TPSA) is 49.8 Å². The summed E-state index contributed by atoms with van der Waals surface area (Å²) in [7, 11) is 0. The number of hydrogen-bond acceptors (Lipinski definition) is 4. The minimum absolute atomic E-state index is 0.585. The van der Waals surface area contributed by atoms with E-state index in [1.165, 1.54) is 19.3 Å². The Morgan fingerprint density at radius 2 is 2.31 bits per heavy atom. The van der Waals surface area contributed by atoms with E-state index in [9.17, 15) is 0 Å². The quantitative estimate of drug-likeness (QED) is 0.809. The number of hydrogen-bond donors (Lipinski definition) is 2. The Morgan fingerprint density at radius 3 is 2.94 bits per heavy atom. The first-order chi connectivity index (χ1) is 7.88. The Morgan fingerprint density at radius 1 is 1.38 bits per heavy atom. The highest BCUT2D eigenvalue weighted by Gasteiger charge is 2.11. The van der Waals surface area contributed by atoms with Gasteiger partial charge in [-0.2, -0.15) is 5.10 Å². The molecule has 1 aromatic heterocycles. The molecule has 1 aliphatic heterocycles. The highest BCUT2D eigenvalue weighted by Crippen LogP contribution is 2.08. The SMILES string of the molecule is CCc1ccc(NCC2CCCCN2)nn1. The van der Waals surface area contributed by atoms with Crippen LogP contribution in [0.15, 0.2) is 12.1 Å². The molecule has 1 fully saturated rings. The Bertz CT molecular complexity index is 303. The molecule has 0 aromatic carbocycles. The third-order valence-corrected chi connectivity index (χ3v) is 3.02. The summed E-state index contributed by atoms with van der Waals surface area (Å²) in [4.78, 5) is 0. The maximum Gasteiger partial charge on any atom is 0.148 e. The van der Waals surface area contributed by atoms with Gasteiger partial charge < -0.3 is 10.6 Å². The van der Waals surface area contributed by atoms with Gasteiger partial charge in [-0.15, -0.1) is 5.10 Å². The summed E-state index contributed by atoms with van der Waals surface area (Å²) >= 11 is 0. The van der Waals surface area contributed by atoms with Gasteiger partial charge in [-0.25, -0.2) is 0 Å². The highest BCUT2D eigenvalue weighted by atomic mass is 15.2. The molecule has 1 aromatic rings. The molecule has 4 nitrogen and oxygen atoms in total. The second kappa shape index (κ2) is 5.80. The molecule has 88 valence electrons. The first kappa shape index (κ1) is 11.3. The Hall–Kier alpha value is -1.16. The van der Waals surface area contributed by atoms with Crippen molar-refractivity contribution in [1.82, 2.24) is 15.5 Å². The smallest absolute Gasteiger partial charge is 0.148 e. The van der Waals surface area contributed by atoms with Crippen LogP contribution in [0.25, 0.3) is 0 Å². The summed E-state index contributed by atoms with van der Waals surface area (Å²) in [5.41, 5.74) is 1.04. The van der Waals surface area contributed by atoms with Gasteiger partial charge >= 0.3 is 0 Å². The van der Waals surface area contributed by atoms with Gasteiger partial charge in [0, 0.05) is 12.6 Å². The van der Waals surface area contributed by atoms with Crippen LogP contribution in [0.5, 0.6) is 0 Å². The maximum atomic E-state index is 4.15. The van der Waals surface area contributed by atoms with Crippen LogP contribution in [0.1, 0.15) is 31.9 Å². The van der Waals surface area contributed by atoms with Crippen LogP contribution in [0, 0.1) is 0 Å². The molecule has 1 saturated heterocycles. The van der Waals surface area contributed by atoms with E-state index in [1.807, 2.05) is 12.1 Å². The largest absolute Gasteiger partial charge is 0.367 e. The molecule has 2 heterocycles. The molecule has 16 heavy (non-hydrogen) atoms. The number of rotatable bonds is 4. The average Bonchev–Trinajstić information content (AvgIpc) is 2.38. The van der Waals surface area contributed by atoms with Gasteiger partial charge in [0.05, 0.1) is 5.69 Å². The molecule has 0 amide bonds. The number of nitrogens with zero attached hydrogens (tertiary/aromatic N) is 2. The van der Waals surface area contributed by atoms with Gasteiger partial charge in [-0.05, 0) is 37.9 Å². The summed E-state index contributed by atoms with van der Waals surface area (Å²) in [6, 6.07) is 4.62. The number of anilines is 1.